The van der Waals surface area contributed by atoms with Crippen LogP contribution in [0.15, 0.2) is 42.1 Å². The molecule has 0 saturated carbocycles. The van der Waals surface area contributed by atoms with Crippen LogP contribution in [0.5, 0.6) is 0 Å². The Kier molecular flexibility index (Phi) is 6.74. The molecule has 170 valence electrons. The summed E-state index contributed by atoms with van der Waals surface area (Å²) >= 11 is 0. The highest BCUT2D eigenvalue weighted by Crippen LogP contribution is 2.30. The molecule has 7 nitrogen and oxygen atoms in total. The van der Waals surface area contributed by atoms with E-state index in [1.807, 2.05) is 65.6 Å². The Bertz CT molecular complexity index is 1010. The number of allylic oxidation sites excluding steroid dienone is 2. The quantitative estimate of drug-likeness (QED) is 0.756. The van der Waals surface area contributed by atoms with E-state index in [9.17, 15) is 9.59 Å². The van der Waals surface area contributed by atoms with Gasteiger partial charge in [-0.2, -0.15) is 5.10 Å². The average Bonchev–Trinajstić information content (AvgIpc) is 3.10. The second kappa shape index (κ2) is 9.69. The predicted octanol–water partition coefficient (Wildman–Crippen LogP) is 3.27. The van der Waals surface area contributed by atoms with Crippen LogP contribution in [0.2, 0.25) is 0 Å². The number of hydrogen-bond donors (Lipinski definition) is 1. The van der Waals surface area contributed by atoms with Crippen molar-refractivity contribution in [2.75, 3.05) is 26.2 Å². The van der Waals surface area contributed by atoms with E-state index in [-0.39, 0.29) is 18.4 Å². The first-order valence-corrected chi connectivity index (χ1v) is 11.6. The normalized spacial score (nSPS) is 19.4. The number of carbonyl (C=O) groups is 2. The summed E-state index contributed by atoms with van der Waals surface area (Å²) in [7, 11) is 0. The van der Waals surface area contributed by atoms with Gasteiger partial charge in [-0.05, 0) is 58.6 Å². The fourth-order valence-corrected chi connectivity index (χ4v) is 4.93. The van der Waals surface area contributed by atoms with E-state index in [1.165, 1.54) is 6.42 Å². The lowest BCUT2D eigenvalue weighted by molar-refractivity contribution is -0.135. The first kappa shape index (κ1) is 22.3. The van der Waals surface area contributed by atoms with Crippen molar-refractivity contribution in [2.24, 2.45) is 0 Å². The molecule has 1 atom stereocenters. The molecule has 32 heavy (non-hydrogen) atoms. The number of piperazine rings is 1. The van der Waals surface area contributed by atoms with E-state index in [0.29, 0.717) is 19.6 Å². The molecule has 2 heterocycles. The Balaban J connectivity index is 1.62. The van der Waals surface area contributed by atoms with Gasteiger partial charge in [-0.1, -0.05) is 24.3 Å². The molecule has 1 N–H and O–H groups in total. The lowest BCUT2D eigenvalue weighted by Crippen LogP contribution is -2.53. The summed E-state index contributed by atoms with van der Waals surface area (Å²) in [5, 5.41) is 7.72. The van der Waals surface area contributed by atoms with Crippen molar-refractivity contribution in [2.45, 2.75) is 52.5 Å². The van der Waals surface area contributed by atoms with Gasteiger partial charge in [0.15, 0.2) is 0 Å². The molecule has 0 bridgehead atoms. The minimum Gasteiger partial charge on any atom is -0.353 e. The number of nitrogens with one attached hydrogen (secondary N) is 1. The number of amides is 2. The SMILES string of the molecule is CCN(C(=O)CN1CCNC(=O)C1c1c(C)nn(-c2ccccc2)c1C)C1=CCCCC1. The minimum atomic E-state index is -0.524. The number of aromatic nitrogens is 2. The van der Waals surface area contributed by atoms with Gasteiger partial charge < -0.3 is 10.2 Å². The number of hydrogen-bond acceptors (Lipinski definition) is 4. The zero-order valence-electron chi connectivity index (χ0n) is 19.3. The van der Waals surface area contributed by atoms with Gasteiger partial charge in [-0.25, -0.2) is 4.68 Å². The van der Waals surface area contributed by atoms with Gasteiger partial charge in [0.05, 0.1) is 17.9 Å². The van der Waals surface area contributed by atoms with Crippen LogP contribution in [-0.2, 0) is 9.59 Å². The monoisotopic (exact) mass is 435 g/mol. The maximum absolute atomic E-state index is 13.3. The molecule has 7 heteroatoms. The number of aryl methyl sites for hydroxylation is 1. The molecule has 1 aromatic heterocycles. The van der Waals surface area contributed by atoms with Crippen LogP contribution in [-0.4, -0.2) is 57.6 Å². The smallest absolute Gasteiger partial charge is 0.242 e. The fourth-order valence-electron chi connectivity index (χ4n) is 4.93. The maximum Gasteiger partial charge on any atom is 0.242 e. The molecule has 4 rings (SSSR count). The van der Waals surface area contributed by atoms with Gasteiger partial charge in [-0.3, -0.25) is 14.5 Å². The Labute approximate surface area is 190 Å². The maximum atomic E-state index is 13.3. The van der Waals surface area contributed by atoms with E-state index in [0.717, 1.165) is 47.6 Å². The molecule has 1 saturated heterocycles. The van der Waals surface area contributed by atoms with Crippen LogP contribution in [0.25, 0.3) is 5.69 Å². The molecule has 2 aliphatic rings. The van der Waals surface area contributed by atoms with Crippen molar-refractivity contribution < 1.29 is 9.59 Å². The molecule has 1 unspecified atom stereocenters. The van der Waals surface area contributed by atoms with E-state index in [1.54, 1.807) is 0 Å². The molecule has 2 amide bonds. The summed E-state index contributed by atoms with van der Waals surface area (Å²) in [6.45, 7) is 8.00. The van der Waals surface area contributed by atoms with Crippen LogP contribution in [0.4, 0.5) is 0 Å². The Morgan fingerprint density at radius 3 is 2.69 bits per heavy atom. The molecule has 0 radical (unpaired) electrons. The predicted molar refractivity (Wildman–Crippen MR) is 124 cm³/mol. The molecule has 0 spiro atoms. The molecule has 1 fully saturated rings. The van der Waals surface area contributed by atoms with Crippen molar-refractivity contribution in [3.8, 4) is 5.69 Å². The van der Waals surface area contributed by atoms with Crippen LogP contribution in [0, 0.1) is 13.8 Å². The van der Waals surface area contributed by atoms with E-state index < -0.39 is 6.04 Å². The minimum absolute atomic E-state index is 0.0612. The standard InChI is InChI=1S/C25H33N5O2/c1-4-29(20-11-7-5-8-12-20)22(31)17-28-16-15-26-25(32)24(28)23-18(2)27-30(19(23)3)21-13-9-6-10-14-21/h6,9-11,13-14,24H,4-5,7-8,12,15-17H2,1-3H3,(H,26,32). The summed E-state index contributed by atoms with van der Waals surface area (Å²) in [6.07, 6.45) is 6.49. The highest BCUT2D eigenvalue weighted by molar-refractivity contribution is 5.86. The van der Waals surface area contributed by atoms with E-state index >= 15 is 0 Å². The number of likely N-dealkylation sites (N-methyl/N-ethyl adjacent to an activating group) is 1. The molecule has 1 aromatic carbocycles. The van der Waals surface area contributed by atoms with Crippen molar-refractivity contribution in [1.29, 1.82) is 0 Å². The largest absolute Gasteiger partial charge is 0.353 e. The number of benzene rings is 1. The Morgan fingerprint density at radius 1 is 1.22 bits per heavy atom. The topological polar surface area (TPSA) is 70.5 Å². The lowest BCUT2D eigenvalue weighted by atomic mass is 10.00. The van der Waals surface area contributed by atoms with Crippen molar-refractivity contribution in [3.63, 3.8) is 0 Å². The summed E-state index contributed by atoms with van der Waals surface area (Å²) in [4.78, 5) is 30.3. The van der Waals surface area contributed by atoms with Gasteiger partial charge in [0.2, 0.25) is 11.8 Å². The van der Waals surface area contributed by atoms with Gasteiger partial charge in [0, 0.05) is 36.6 Å². The van der Waals surface area contributed by atoms with Gasteiger partial charge in [0.25, 0.3) is 0 Å². The molecular formula is C25H33N5O2. The summed E-state index contributed by atoms with van der Waals surface area (Å²) in [6, 6.07) is 9.40. The van der Waals surface area contributed by atoms with Crippen LogP contribution in [0.3, 0.4) is 0 Å². The zero-order valence-corrected chi connectivity index (χ0v) is 19.3. The molecule has 1 aliphatic carbocycles. The first-order valence-electron chi connectivity index (χ1n) is 11.6. The Morgan fingerprint density at radius 2 is 2.00 bits per heavy atom. The zero-order chi connectivity index (χ0) is 22.7. The Hall–Kier alpha value is -2.93. The van der Waals surface area contributed by atoms with Crippen LogP contribution >= 0.6 is 0 Å². The van der Waals surface area contributed by atoms with Crippen molar-refractivity contribution in [3.05, 3.63) is 59.1 Å². The third-order valence-electron chi connectivity index (χ3n) is 6.50. The third kappa shape index (κ3) is 4.35. The van der Waals surface area contributed by atoms with Gasteiger partial charge >= 0.3 is 0 Å². The summed E-state index contributed by atoms with van der Waals surface area (Å²) < 4.78 is 1.89. The molecule has 1 aliphatic heterocycles. The summed E-state index contributed by atoms with van der Waals surface area (Å²) in [5.74, 6) is -0.00565. The number of rotatable bonds is 6. The lowest BCUT2D eigenvalue weighted by Gasteiger charge is -2.36. The third-order valence-corrected chi connectivity index (χ3v) is 6.50. The van der Waals surface area contributed by atoms with E-state index in [4.69, 9.17) is 5.10 Å². The van der Waals surface area contributed by atoms with E-state index in [2.05, 4.69) is 11.4 Å². The van der Waals surface area contributed by atoms with Crippen molar-refractivity contribution in [1.82, 2.24) is 24.9 Å². The molecule has 2 aromatic rings. The van der Waals surface area contributed by atoms with Crippen LogP contribution in [0.1, 0.15) is 55.6 Å². The fraction of sp³-hybridized carbons (Fsp3) is 0.480. The highest BCUT2D eigenvalue weighted by Gasteiger charge is 2.37. The number of carbonyl (C=O) groups excluding carboxylic acids is 2. The highest BCUT2D eigenvalue weighted by atomic mass is 16.2. The van der Waals surface area contributed by atoms with Crippen LogP contribution < -0.4 is 5.32 Å². The number of para-hydroxylation sites is 1. The van der Waals surface area contributed by atoms with Gasteiger partial charge in [0.1, 0.15) is 6.04 Å². The summed E-state index contributed by atoms with van der Waals surface area (Å²) in [5.41, 5.74) is 4.72. The second-order valence-corrected chi connectivity index (χ2v) is 8.58. The first-order chi connectivity index (χ1) is 15.5. The second-order valence-electron chi connectivity index (χ2n) is 8.58. The van der Waals surface area contributed by atoms with Gasteiger partial charge in [-0.15, -0.1) is 0 Å². The molecular weight excluding hydrogens is 402 g/mol. The van der Waals surface area contributed by atoms with Crippen molar-refractivity contribution >= 4 is 11.8 Å². The number of nitrogens with zero attached hydrogens (tertiary/aromatic N) is 4. The average molecular weight is 436 g/mol.